The average Bonchev–Trinajstić information content (AvgIpc) is 3.52. The van der Waals surface area contributed by atoms with Gasteiger partial charge in [0.05, 0.1) is 22.8 Å². The number of rotatable bonds is 7. The molecule has 11 heteroatoms. The minimum atomic E-state index is -2.85. The van der Waals surface area contributed by atoms with Crippen LogP contribution in [0.3, 0.4) is 0 Å². The molecule has 0 spiro atoms. The molecule has 2 aromatic heterocycles. The maximum Gasteiger partial charge on any atom is 0.387 e. The van der Waals surface area contributed by atoms with Gasteiger partial charge in [-0.25, -0.2) is 4.98 Å². The second-order valence-corrected chi connectivity index (χ2v) is 7.92. The van der Waals surface area contributed by atoms with E-state index in [1.54, 1.807) is 42.8 Å². The molecule has 1 unspecified atom stereocenters. The summed E-state index contributed by atoms with van der Waals surface area (Å²) in [6, 6.07) is 10.9. The number of benzene rings is 1. The summed E-state index contributed by atoms with van der Waals surface area (Å²) in [5.41, 5.74) is 1.44. The second-order valence-electron chi connectivity index (χ2n) is 6.97. The van der Waals surface area contributed by atoms with Crippen molar-refractivity contribution in [1.29, 1.82) is 0 Å². The molecule has 7 nitrogen and oxygen atoms in total. The lowest BCUT2D eigenvalue weighted by Gasteiger charge is -2.22. The third-order valence-electron chi connectivity index (χ3n) is 4.90. The lowest BCUT2D eigenvalue weighted by molar-refractivity contribution is -0.0495. The fraction of sp³-hybridized carbons (Fsp3) is 0.333. The number of para-hydroxylation sites is 2. The van der Waals surface area contributed by atoms with Crippen LogP contribution in [0.4, 0.5) is 14.5 Å². The largest absolute Gasteiger partial charge is 0.443 e. The summed E-state index contributed by atoms with van der Waals surface area (Å²) in [4.78, 5) is 11.8. The van der Waals surface area contributed by atoms with E-state index >= 15 is 0 Å². The Bertz CT molecular complexity index is 1020. The van der Waals surface area contributed by atoms with E-state index in [1.807, 2.05) is 28.5 Å². The number of guanidine groups is 1. The fourth-order valence-corrected chi connectivity index (χ4v) is 4.13. The van der Waals surface area contributed by atoms with Crippen molar-refractivity contribution in [3.8, 4) is 16.5 Å². The summed E-state index contributed by atoms with van der Waals surface area (Å²) in [6.45, 7) is -1.00. The number of nitrogens with one attached hydrogen (secondary N) is 2. The number of nitrogens with zero attached hydrogens (tertiary/aromatic N) is 3. The zero-order chi connectivity index (χ0) is 21.6. The highest BCUT2D eigenvalue weighted by atomic mass is 127. The van der Waals surface area contributed by atoms with E-state index in [0.29, 0.717) is 30.6 Å². The molecule has 1 saturated heterocycles. The Kier molecular flexibility index (Phi) is 8.67. The highest BCUT2D eigenvalue weighted by Gasteiger charge is 2.26. The van der Waals surface area contributed by atoms with E-state index in [9.17, 15) is 8.78 Å². The first kappa shape index (κ1) is 24.2. The lowest BCUT2D eigenvalue weighted by Crippen LogP contribution is -2.44. The number of hydrogen-bond donors (Lipinski definition) is 2. The van der Waals surface area contributed by atoms with E-state index in [0.717, 1.165) is 23.5 Å². The zero-order valence-corrected chi connectivity index (χ0v) is 20.5. The third kappa shape index (κ3) is 6.09. The van der Waals surface area contributed by atoms with Gasteiger partial charge in [-0.15, -0.1) is 35.3 Å². The number of oxazole rings is 1. The van der Waals surface area contributed by atoms with Crippen LogP contribution < -0.4 is 20.3 Å². The molecule has 32 heavy (non-hydrogen) atoms. The quantitative estimate of drug-likeness (QED) is 0.245. The molecule has 0 aliphatic carbocycles. The third-order valence-corrected chi connectivity index (χ3v) is 5.75. The van der Waals surface area contributed by atoms with Crippen molar-refractivity contribution in [3.05, 3.63) is 53.7 Å². The van der Waals surface area contributed by atoms with Crippen LogP contribution in [0.1, 0.15) is 12.1 Å². The van der Waals surface area contributed by atoms with E-state index in [2.05, 4.69) is 25.3 Å². The summed E-state index contributed by atoms with van der Waals surface area (Å²) in [6.07, 6.45) is 2.47. The van der Waals surface area contributed by atoms with E-state index in [4.69, 9.17) is 4.42 Å². The number of halogens is 3. The maximum atomic E-state index is 12.7. The van der Waals surface area contributed by atoms with Gasteiger partial charge in [-0.1, -0.05) is 18.2 Å². The Morgan fingerprint density at radius 2 is 2.19 bits per heavy atom. The van der Waals surface area contributed by atoms with Gasteiger partial charge in [0.2, 0.25) is 5.89 Å². The van der Waals surface area contributed by atoms with Gasteiger partial charge in [0.1, 0.15) is 12.0 Å². The highest BCUT2D eigenvalue weighted by molar-refractivity contribution is 14.0. The fourth-order valence-electron chi connectivity index (χ4n) is 3.47. The Morgan fingerprint density at radius 3 is 2.94 bits per heavy atom. The highest BCUT2D eigenvalue weighted by Crippen LogP contribution is 2.31. The van der Waals surface area contributed by atoms with Crippen LogP contribution >= 0.6 is 35.3 Å². The first-order valence-corrected chi connectivity index (χ1v) is 10.7. The van der Waals surface area contributed by atoms with Gasteiger partial charge < -0.3 is 24.7 Å². The Balaban J connectivity index is 0.00000289. The average molecular weight is 575 g/mol. The van der Waals surface area contributed by atoms with Gasteiger partial charge in [-0.2, -0.15) is 8.78 Å². The van der Waals surface area contributed by atoms with Crippen molar-refractivity contribution in [1.82, 2.24) is 15.6 Å². The van der Waals surface area contributed by atoms with Crippen LogP contribution in [0.25, 0.3) is 10.8 Å². The number of alkyl halides is 2. The molecule has 0 radical (unpaired) electrons. The minimum Gasteiger partial charge on any atom is -0.443 e. The number of ether oxygens (including phenoxy) is 1. The van der Waals surface area contributed by atoms with E-state index < -0.39 is 6.61 Å². The molecule has 0 amide bonds. The molecule has 3 aromatic rings. The van der Waals surface area contributed by atoms with Crippen molar-refractivity contribution in [3.63, 3.8) is 0 Å². The minimum absolute atomic E-state index is 0. The lowest BCUT2D eigenvalue weighted by atomic mass is 10.2. The molecule has 1 aliphatic rings. The van der Waals surface area contributed by atoms with Crippen molar-refractivity contribution >= 4 is 47.0 Å². The van der Waals surface area contributed by atoms with Crippen LogP contribution in [0.5, 0.6) is 5.75 Å². The maximum absolute atomic E-state index is 12.7. The normalized spacial score (nSPS) is 16.2. The molecule has 3 heterocycles. The van der Waals surface area contributed by atoms with Crippen molar-refractivity contribution in [2.75, 3.05) is 25.0 Å². The van der Waals surface area contributed by atoms with Crippen molar-refractivity contribution in [2.24, 2.45) is 4.99 Å². The van der Waals surface area contributed by atoms with Gasteiger partial charge in [0.15, 0.2) is 5.96 Å². The van der Waals surface area contributed by atoms with Crippen LogP contribution in [-0.2, 0) is 6.54 Å². The van der Waals surface area contributed by atoms with Crippen LogP contribution in [0.2, 0.25) is 0 Å². The smallest absolute Gasteiger partial charge is 0.387 e. The summed E-state index contributed by atoms with van der Waals surface area (Å²) >= 11 is 1.57. The van der Waals surface area contributed by atoms with Crippen LogP contribution in [-0.4, -0.2) is 43.7 Å². The summed E-state index contributed by atoms with van der Waals surface area (Å²) in [5.74, 6) is 1.43. The first-order chi connectivity index (χ1) is 15.1. The Labute approximate surface area is 205 Å². The topological polar surface area (TPSA) is 74.9 Å². The molecule has 2 N–H and O–H groups in total. The summed E-state index contributed by atoms with van der Waals surface area (Å²) < 4.78 is 35.6. The summed E-state index contributed by atoms with van der Waals surface area (Å²) in [5, 5.41) is 8.60. The molecular weight excluding hydrogens is 551 g/mol. The molecular formula is C21H24F2IN5O2S. The molecule has 1 fully saturated rings. The predicted molar refractivity (Wildman–Crippen MR) is 132 cm³/mol. The van der Waals surface area contributed by atoms with E-state index in [-0.39, 0.29) is 35.8 Å². The predicted octanol–water partition coefficient (Wildman–Crippen LogP) is 4.57. The van der Waals surface area contributed by atoms with Gasteiger partial charge in [0, 0.05) is 26.2 Å². The SMILES string of the molecule is CN=C(NCc1coc(-c2cccs2)n1)NC1CCN(c2ccccc2OC(F)F)C1.I. The molecule has 0 bridgehead atoms. The molecule has 1 aliphatic heterocycles. The van der Waals surface area contributed by atoms with E-state index in [1.165, 1.54) is 0 Å². The number of hydrogen-bond acceptors (Lipinski definition) is 6. The monoisotopic (exact) mass is 575 g/mol. The number of thiophene rings is 1. The van der Waals surface area contributed by atoms with Crippen molar-refractivity contribution < 1.29 is 17.9 Å². The van der Waals surface area contributed by atoms with Crippen LogP contribution in [0.15, 0.2) is 57.5 Å². The number of aliphatic imine (C=N–C) groups is 1. The number of anilines is 1. The second kappa shape index (κ2) is 11.5. The molecule has 172 valence electrons. The molecule has 1 atom stereocenters. The first-order valence-electron chi connectivity index (χ1n) is 9.86. The van der Waals surface area contributed by atoms with Crippen LogP contribution in [0, 0.1) is 0 Å². The van der Waals surface area contributed by atoms with Gasteiger partial charge in [-0.05, 0) is 30.0 Å². The standard InChI is InChI=1S/C21H23F2N5O2S.HI/c1-24-21(25-11-15-13-29-19(26-15)18-7-4-10-31-18)27-14-8-9-28(12-14)16-5-2-3-6-17(16)30-20(22)23;/h2-7,10,13-14,20H,8-9,11-12H2,1H3,(H2,24,25,27);1H. The Hall–Kier alpha value is -2.41. The van der Waals surface area contributed by atoms with Crippen molar-refractivity contribution in [2.45, 2.75) is 25.6 Å². The van der Waals surface area contributed by atoms with Gasteiger partial charge in [0.25, 0.3) is 0 Å². The molecule has 1 aromatic carbocycles. The molecule has 0 saturated carbocycles. The molecule has 4 rings (SSSR count). The number of aromatic nitrogens is 1. The zero-order valence-electron chi connectivity index (χ0n) is 17.3. The Morgan fingerprint density at radius 1 is 1.34 bits per heavy atom. The van der Waals surface area contributed by atoms with Gasteiger partial charge >= 0.3 is 6.61 Å². The summed E-state index contributed by atoms with van der Waals surface area (Å²) in [7, 11) is 1.70. The van der Waals surface area contributed by atoms with Gasteiger partial charge in [-0.3, -0.25) is 4.99 Å².